The Morgan fingerprint density at radius 1 is 1.04 bits per heavy atom. The van der Waals surface area contributed by atoms with Gasteiger partial charge in [0.15, 0.2) is 5.70 Å². The van der Waals surface area contributed by atoms with Crippen molar-refractivity contribution in [3.8, 4) is 0 Å². The Labute approximate surface area is 145 Å². The molecule has 2 aliphatic heterocycles. The van der Waals surface area contributed by atoms with Crippen molar-refractivity contribution in [2.24, 2.45) is 7.05 Å². The van der Waals surface area contributed by atoms with Gasteiger partial charge in [-0.05, 0) is 51.1 Å². The Kier molecular flexibility index (Phi) is 3.09. The summed E-state index contributed by atoms with van der Waals surface area (Å²) < 4.78 is 35.1. The van der Waals surface area contributed by atoms with Crippen molar-refractivity contribution in [1.82, 2.24) is 14.3 Å². The summed E-state index contributed by atoms with van der Waals surface area (Å²) in [4.78, 5) is 0. The van der Waals surface area contributed by atoms with Crippen LogP contribution in [0.15, 0.2) is 29.5 Å². The minimum atomic E-state index is -3.93. The standard InChI is InChI=1S/C18H21BF2N4/c1-10-7-13(4)24-17(10)16(15-9-12(3)23(6)22-15)18-11(2)8-14(5)25(18)19(24,20)21/h7-9H,1-6H3. The van der Waals surface area contributed by atoms with E-state index in [2.05, 4.69) is 5.10 Å². The molecule has 25 heavy (non-hydrogen) atoms. The maximum absolute atomic E-state index is 15.5. The molecule has 0 spiro atoms. The number of aromatic nitrogens is 3. The average molecular weight is 342 g/mol. The van der Waals surface area contributed by atoms with Gasteiger partial charge in [0.05, 0.1) is 5.57 Å². The van der Waals surface area contributed by atoms with Crippen LogP contribution in [0, 0.1) is 20.8 Å². The number of aryl methyl sites for hydroxylation is 4. The fraction of sp³-hybridized carbons (Fsp3) is 0.333. The summed E-state index contributed by atoms with van der Waals surface area (Å²) in [5, 5.41) is 4.60. The number of hydrogen-bond acceptors (Lipinski definition) is 1. The number of fused-ring (bicyclic) bond motifs is 2. The molecule has 0 amide bonds. The van der Waals surface area contributed by atoms with Crippen LogP contribution >= 0.6 is 0 Å². The molecule has 0 aliphatic carbocycles. The molecule has 0 saturated heterocycles. The second-order valence-electron chi connectivity index (χ2n) is 7.13. The summed E-state index contributed by atoms with van der Waals surface area (Å²) in [6.07, 6.45) is 1.83. The fourth-order valence-corrected chi connectivity index (χ4v) is 4.22. The highest BCUT2D eigenvalue weighted by molar-refractivity contribution is 6.58. The van der Waals surface area contributed by atoms with Gasteiger partial charge in [0.2, 0.25) is 0 Å². The van der Waals surface area contributed by atoms with Crippen molar-refractivity contribution in [3.63, 3.8) is 0 Å². The summed E-state index contributed by atoms with van der Waals surface area (Å²) in [7, 11) is 1.87. The zero-order chi connectivity index (χ0) is 18.3. The third-order valence-electron chi connectivity index (χ3n) is 5.30. The van der Waals surface area contributed by atoms with Gasteiger partial charge in [0.25, 0.3) is 0 Å². The van der Waals surface area contributed by atoms with Gasteiger partial charge in [0.1, 0.15) is 11.4 Å². The van der Waals surface area contributed by atoms with Crippen molar-refractivity contribution in [2.45, 2.75) is 34.6 Å². The van der Waals surface area contributed by atoms with Crippen LogP contribution < -0.4 is 0 Å². The van der Waals surface area contributed by atoms with Gasteiger partial charge in [-0.2, -0.15) is 5.10 Å². The molecule has 2 aromatic rings. The molecule has 0 N–H and O–H groups in total. The maximum Gasteiger partial charge on any atom is 0.737 e. The number of hydrogen-bond donors (Lipinski definition) is 0. The van der Waals surface area contributed by atoms with Gasteiger partial charge in [-0.25, -0.2) is 0 Å². The summed E-state index contributed by atoms with van der Waals surface area (Å²) in [5.74, 6) is 0. The average Bonchev–Trinajstić information content (AvgIpc) is 3.08. The third-order valence-corrected chi connectivity index (χ3v) is 5.30. The first kappa shape index (κ1) is 16.1. The topological polar surface area (TPSA) is 25.8 Å². The van der Waals surface area contributed by atoms with Crippen LogP contribution in [0.4, 0.5) is 8.63 Å². The van der Waals surface area contributed by atoms with Gasteiger partial charge in [-0.3, -0.25) is 4.68 Å². The molecule has 0 radical (unpaired) electrons. The Morgan fingerprint density at radius 2 is 1.72 bits per heavy atom. The molecule has 0 bridgehead atoms. The normalized spacial score (nSPS) is 18.6. The number of halogens is 2. The predicted octanol–water partition coefficient (Wildman–Crippen LogP) is 3.58. The van der Waals surface area contributed by atoms with Crippen molar-refractivity contribution < 1.29 is 13.1 Å². The predicted molar refractivity (Wildman–Crippen MR) is 95.9 cm³/mol. The van der Waals surface area contributed by atoms with Crippen molar-refractivity contribution in [2.75, 3.05) is 0 Å². The maximum atomic E-state index is 15.5. The first-order chi connectivity index (χ1) is 11.6. The lowest BCUT2D eigenvalue weighted by molar-refractivity contribution is -0.363. The van der Waals surface area contributed by atoms with E-state index in [1.54, 1.807) is 18.5 Å². The Hall–Kier alpha value is -2.44. The highest BCUT2D eigenvalue weighted by atomic mass is 19.2. The molecule has 0 saturated carbocycles. The van der Waals surface area contributed by atoms with E-state index in [1.165, 1.54) is 8.96 Å². The number of nitrogens with zero attached hydrogens (tertiary/aromatic N) is 4. The van der Waals surface area contributed by atoms with Crippen molar-refractivity contribution in [3.05, 3.63) is 57.8 Å². The third kappa shape index (κ3) is 1.92. The van der Waals surface area contributed by atoms with Crippen LogP contribution in [0.5, 0.6) is 0 Å². The van der Waals surface area contributed by atoms with Crippen LogP contribution in [0.3, 0.4) is 0 Å². The van der Waals surface area contributed by atoms with Gasteiger partial charge in [-0.15, -0.1) is 0 Å². The van der Waals surface area contributed by atoms with Crippen molar-refractivity contribution >= 4 is 18.3 Å². The van der Waals surface area contributed by atoms with Gasteiger partial charge in [0, 0.05) is 37.0 Å². The second-order valence-corrected chi connectivity index (χ2v) is 7.13. The molecule has 4 rings (SSSR count). The van der Waals surface area contributed by atoms with E-state index in [4.69, 9.17) is 0 Å². The van der Waals surface area contributed by atoms with E-state index in [0.717, 1.165) is 28.1 Å². The first-order valence-corrected chi connectivity index (χ1v) is 8.42. The highest BCUT2D eigenvalue weighted by Gasteiger charge is 2.55. The molecule has 4 heterocycles. The molecule has 130 valence electrons. The van der Waals surface area contributed by atoms with Gasteiger partial charge >= 0.3 is 6.97 Å². The number of rotatable bonds is 1. The smallest absolute Gasteiger partial charge is 0.393 e. The van der Waals surface area contributed by atoms with Crippen LogP contribution in [-0.4, -0.2) is 31.4 Å². The first-order valence-electron chi connectivity index (χ1n) is 8.42. The van der Waals surface area contributed by atoms with E-state index in [-0.39, 0.29) is 0 Å². The lowest BCUT2D eigenvalue weighted by Crippen LogP contribution is -2.51. The minimum absolute atomic E-state index is 0.569. The molecular weight excluding hydrogens is 321 g/mol. The zero-order valence-electron chi connectivity index (χ0n) is 15.4. The minimum Gasteiger partial charge on any atom is -0.393 e. The quantitative estimate of drug-likeness (QED) is 0.728. The lowest BCUT2D eigenvalue weighted by Gasteiger charge is -2.33. The largest absolute Gasteiger partial charge is 0.737 e. The van der Waals surface area contributed by atoms with Gasteiger partial charge < -0.3 is 17.6 Å². The second kappa shape index (κ2) is 4.81. The molecule has 0 unspecified atom stereocenters. The molecule has 2 aromatic heterocycles. The number of allylic oxidation sites excluding steroid dienone is 2. The Bertz CT molecular complexity index is 1010. The summed E-state index contributed by atoms with van der Waals surface area (Å²) in [6.45, 7) is 5.30. The lowest BCUT2D eigenvalue weighted by atomic mass is 9.85. The molecule has 7 heteroatoms. The van der Waals surface area contributed by atoms with E-state index < -0.39 is 6.97 Å². The fourth-order valence-electron chi connectivity index (χ4n) is 4.22. The van der Waals surface area contributed by atoms with E-state index in [0.29, 0.717) is 22.8 Å². The SMILES string of the molecule is CC1=CC(C)=[N+]2C1=C(c1cc(C)n(C)n1)c1c(C)cc(C)n1[B-]2(F)F. The molecular formula is C18H21BF2N4. The van der Waals surface area contributed by atoms with E-state index in [1.807, 2.05) is 46.0 Å². The Balaban J connectivity index is 2.18. The molecule has 0 aromatic carbocycles. The summed E-state index contributed by atoms with van der Waals surface area (Å²) in [5.41, 5.74) is 6.50. The van der Waals surface area contributed by atoms with E-state index in [9.17, 15) is 0 Å². The Morgan fingerprint density at radius 3 is 2.32 bits per heavy atom. The van der Waals surface area contributed by atoms with E-state index >= 15 is 8.63 Å². The summed E-state index contributed by atoms with van der Waals surface area (Å²) >= 11 is 0. The molecule has 4 nitrogen and oxygen atoms in total. The molecule has 0 atom stereocenters. The molecule has 2 aliphatic rings. The van der Waals surface area contributed by atoms with Crippen LogP contribution in [0.2, 0.25) is 0 Å². The zero-order valence-corrected chi connectivity index (χ0v) is 15.4. The molecule has 0 fully saturated rings. The van der Waals surface area contributed by atoms with Crippen molar-refractivity contribution in [1.29, 1.82) is 0 Å². The summed E-state index contributed by atoms with van der Waals surface area (Å²) in [6, 6.07) is 3.79. The highest BCUT2D eigenvalue weighted by Crippen LogP contribution is 2.43. The monoisotopic (exact) mass is 342 g/mol. The van der Waals surface area contributed by atoms with Crippen LogP contribution in [-0.2, 0) is 7.05 Å². The van der Waals surface area contributed by atoms with Gasteiger partial charge in [-0.1, -0.05) is 0 Å². The van der Waals surface area contributed by atoms with Crippen LogP contribution in [0.1, 0.15) is 42.2 Å². The van der Waals surface area contributed by atoms with Crippen LogP contribution in [0.25, 0.3) is 5.57 Å².